The van der Waals surface area contributed by atoms with Crippen molar-refractivity contribution in [1.82, 2.24) is 5.32 Å². The topological polar surface area (TPSA) is 84.9 Å². The molecule has 1 aliphatic rings. The third-order valence-corrected chi connectivity index (χ3v) is 5.77. The highest BCUT2D eigenvalue weighted by Gasteiger charge is 2.37. The van der Waals surface area contributed by atoms with E-state index in [1.807, 2.05) is 13.8 Å². The lowest BCUT2D eigenvalue weighted by Gasteiger charge is -2.27. The lowest BCUT2D eigenvalue weighted by atomic mass is 10.0. The zero-order chi connectivity index (χ0) is 25.8. The maximum absolute atomic E-state index is 13.9. The third kappa shape index (κ3) is 5.12. The zero-order valence-corrected chi connectivity index (χ0v) is 20.1. The van der Waals surface area contributed by atoms with Crippen LogP contribution in [0.5, 0.6) is 11.5 Å². The Kier molecular flexibility index (Phi) is 7.15. The van der Waals surface area contributed by atoms with Crippen molar-refractivity contribution in [1.29, 1.82) is 0 Å². The number of halogens is 1. The quantitative estimate of drug-likeness (QED) is 0.370. The van der Waals surface area contributed by atoms with E-state index in [9.17, 15) is 18.8 Å². The number of aryl methyl sites for hydroxylation is 2. The summed E-state index contributed by atoms with van der Waals surface area (Å²) in [6.45, 7) is 5.94. The summed E-state index contributed by atoms with van der Waals surface area (Å²) >= 11 is 0. The number of rotatable bonds is 7. The minimum absolute atomic E-state index is 0.00110. The van der Waals surface area contributed by atoms with Gasteiger partial charge in [-0.3, -0.25) is 14.9 Å². The van der Waals surface area contributed by atoms with Crippen LogP contribution in [-0.2, 0) is 16.2 Å². The second-order valence-corrected chi connectivity index (χ2v) is 8.25. The number of carbonyl (C=O) groups is 3. The Balaban J connectivity index is 1.63. The number of nitrogens with one attached hydrogen (secondary N) is 1. The normalized spacial score (nSPS) is 14.7. The Hall–Kier alpha value is -4.46. The monoisotopic (exact) mass is 488 g/mol. The number of hydrogen-bond donors (Lipinski definition) is 1. The van der Waals surface area contributed by atoms with Gasteiger partial charge in [0.05, 0.1) is 12.3 Å². The first kappa shape index (κ1) is 24.7. The van der Waals surface area contributed by atoms with E-state index in [4.69, 9.17) is 9.47 Å². The van der Waals surface area contributed by atoms with Crippen LogP contribution < -0.4 is 19.7 Å². The van der Waals surface area contributed by atoms with Crippen LogP contribution in [0.1, 0.15) is 29.2 Å². The van der Waals surface area contributed by atoms with E-state index < -0.39 is 17.8 Å². The molecule has 0 radical (unpaired) electrons. The smallest absolute Gasteiger partial charge is 0.335 e. The zero-order valence-electron chi connectivity index (χ0n) is 20.1. The van der Waals surface area contributed by atoms with Crippen LogP contribution >= 0.6 is 0 Å². The minimum atomic E-state index is -0.808. The average Bonchev–Trinajstić information content (AvgIpc) is 2.84. The van der Waals surface area contributed by atoms with E-state index in [1.165, 1.54) is 12.1 Å². The number of carbonyl (C=O) groups excluding carboxylic acids is 3. The van der Waals surface area contributed by atoms with Crippen molar-refractivity contribution >= 4 is 29.6 Å². The fourth-order valence-electron chi connectivity index (χ4n) is 3.70. The second kappa shape index (κ2) is 10.4. The Bertz CT molecular complexity index is 1380. The molecule has 0 aliphatic carbocycles. The predicted molar refractivity (Wildman–Crippen MR) is 133 cm³/mol. The number of amides is 4. The van der Waals surface area contributed by atoms with Gasteiger partial charge in [0, 0.05) is 5.56 Å². The van der Waals surface area contributed by atoms with E-state index in [1.54, 1.807) is 61.5 Å². The molecule has 8 heteroatoms. The van der Waals surface area contributed by atoms with E-state index >= 15 is 0 Å². The van der Waals surface area contributed by atoms with Crippen molar-refractivity contribution in [2.45, 2.75) is 27.4 Å². The molecule has 0 saturated carbocycles. The van der Waals surface area contributed by atoms with Crippen molar-refractivity contribution in [3.05, 3.63) is 94.3 Å². The van der Waals surface area contributed by atoms with Crippen molar-refractivity contribution in [3.63, 3.8) is 0 Å². The summed E-state index contributed by atoms with van der Waals surface area (Å²) in [5.41, 5.74) is 2.97. The van der Waals surface area contributed by atoms with E-state index in [0.717, 1.165) is 16.0 Å². The van der Waals surface area contributed by atoms with Crippen LogP contribution in [0.3, 0.4) is 0 Å². The molecule has 1 N–H and O–H groups in total. The van der Waals surface area contributed by atoms with E-state index in [2.05, 4.69) is 5.32 Å². The average molecular weight is 489 g/mol. The Morgan fingerprint density at radius 3 is 2.42 bits per heavy atom. The molecule has 0 atom stereocenters. The minimum Gasteiger partial charge on any atom is -0.490 e. The molecule has 1 saturated heterocycles. The van der Waals surface area contributed by atoms with Crippen LogP contribution in [-0.4, -0.2) is 24.5 Å². The number of imide groups is 2. The summed E-state index contributed by atoms with van der Waals surface area (Å²) in [6.07, 6.45) is 1.39. The summed E-state index contributed by atoms with van der Waals surface area (Å²) in [7, 11) is 0. The van der Waals surface area contributed by atoms with E-state index in [0.29, 0.717) is 34.9 Å². The van der Waals surface area contributed by atoms with Crippen molar-refractivity contribution in [2.24, 2.45) is 0 Å². The Labute approximate surface area is 208 Å². The van der Waals surface area contributed by atoms with Gasteiger partial charge >= 0.3 is 6.03 Å². The van der Waals surface area contributed by atoms with Gasteiger partial charge < -0.3 is 9.47 Å². The van der Waals surface area contributed by atoms with Gasteiger partial charge in [0.25, 0.3) is 11.8 Å². The molecule has 1 aliphatic heterocycles. The van der Waals surface area contributed by atoms with Crippen LogP contribution in [0, 0.1) is 19.7 Å². The fourth-order valence-corrected chi connectivity index (χ4v) is 3.70. The number of anilines is 1. The first-order valence-corrected chi connectivity index (χ1v) is 11.4. The molecule has 1 fully saturated rings. The highest BCUT2D eigenvalue weighted by Crippen LogP contribution is 2.31. The fraction of sp³-hybridized carbons (Fsp3) is 0.179. The van der Waals surface area contributed by atoms with Gasteiger partial charge in [0.15, 0.2) is 11.5 Å². The number of nitrogens with zero attached hydrogens (tertiary/aromatic N) is 1. The van der Waals surface area contributed by atoms with E-state index in [-0.39, 0.29) is 18.0 Å². The molecule has 0 aromatic heterocycles. The van der Waals surface area contributed by atoms with Crippen molar-refractivity contribution in [2.75, 3.05) is 11.5 Å². The molecule has 36 heavy (non-hydrogen) atoms. The maximum Gasteiger partial charge on any atom is 0.335 e. The second-order valence-electron chi connectivity index (χ2n) is 8.25. The summed E-state index contributed by atoms with van der Waals surface area (Å²) in [5.74, 6) is -1.14. The summed E-state index contributed by atoms with van der Waals surface area (Å²) in [6, 6.07) is 15.6. The number of barbiturate groups is 1. The first-order chi connectivity index (χ1) is 17.3. The molecule has 0 bridgehead atoms. The standard InChI is InChI=1S/C28H25FN2O5/c1-4-35-25-15-19(10-12-24(25)36-16-20-7-5-6-8-23(20)29)14-22-26(32)30-28(34)31(27(22)33)21-11-9-17(2)18(3)13-21/h5-15H,4,16H2,1-3H3,(H,30,32,34)/b22-14+. The van der Waals surface area contributed by atoms with Gasteiger partial charge in [0.1, 0.15) is 18.0 Å². The molecule has 184 valence electrons. The molecular weight excluding hydrogens is 463 g/mol. The summed E-state index contributed by atoms with van der Waals surface area (Å²) in [4.78, 5) is 39.2. The molecule has 0 unspecified atom stereocenters. The molecule has 0 spiro atoms. The number of benzene rings is 3. The summed E-state index contributed by atoms with van der Waals surface area (Å²) < 4.78 is 25.4. The molecule has 4 rings (SSSR count). The first-order valence-electron chi connectivity index (χ1n) is 11.4. The van der Waals surface area contributed by atoms with Gasteiger partial charge in [-0.05, 0) is 73.9 Å². The lowest BCUT2D eigenvalue weighted by Crippen LogP contribution is -2.54. The SMILES string of the molecule is CCOc1cc(/C=C2\C(=O)NC(=O)N(c3ccc(C)c(C)c3)C2=O)ccc1OCc1ccccc1F. The van der Waals surface area contributed by atoms with Gasteiger partial charge in [-0.1, -0.05) is 30.3 Å². The van der Waals surface area contributed by atoms with Crippen LogP contribution in [0.15, 0.2) is 66.2 Å². The highest BCUT2D eigenvalue weighted by atomic mass is 19.1. The van der Waals surface area contributed by atoms with Gasteiger partial charge in [-0.15, -0.1) is 0 Å². The van der Waals surface area contributed by atoms with Crippen LogP contribution in [0.4, 0.5) is 14.9 Å². The molecule has 1 heterocycles. The number of urea groups is 1. The molecular formula is C28H25FN2O5. The van der Waals surface area contributed by atoms with Crippen LogP contribution in [0.2, 0.25) is 0 Å². The van der Waals surface area contributed by atoms with Crippen molar-refractivity contribution in [3.8, 4) is 11.5 Å². The lowest BCUT2D eigenvalue weighted by molar-refractivity contribution is -0.122. The molecule has 4 amide bonds. The highest BCUT2D eigenvalue weighted by molar-refractivity contribution is 6.39. The molecule has 3 aromatic rings. The Morgan fingerprint density at radius 1 is 0.917 bits per heavy atom. The van der Waals surface area contributed by atoms with Crippen molar-refractivity contribution < 1.29 is 28.2 Å². The van der Waals surface area contributed by atoms with Gasteiger partial charge in [0.2, 0.25) is 0 Å². The molecule has 7 nitrogen and oxygen atoms in total. The number of ether oxygens (including phenoxy) is 2. The maximum atomic E-state index is 13.9. The summed E-state index contributed by atoms with van der Waals surface area (Å²) in [5, 5.41) is 2.23. The Morgan fingerprint density at radius 2 is 1.69 bits per heavy atom. The number of hydrogen-bond acceptors (Lipinski definition) is 5. The molecule has 3 aromatic carbocycles. The third-order valence-electron chi connectivity index (χ3n) is 5.77. The van der Waals surface area contributed by atoms with Gasteiger partial charge in [-0.2, -0.15) is 0 Å². The largest absolute Gasteiger partial charge is 0.490 e. The van der Waals surface area contributed by atoms with Gasteiger partial charge in [-0.25, -0.2) is 14.1 Å². The predicted octanol–water partition coefficient (Wildman–Crippen LogP) is 5.09. The van der Waals surface area contributed by atoms with Crippen LogP contribution in [0.25, 0.3) is 6.08 Å².